The lowest BCUT2D eigenvalue weighted by Crippen LogP contribution is -2.45. The van der Waals surface area contributed by atoms with Crippen LogP contribution in [-0.4, -0.2) is 7.11 Å². The largest absolute Gasteiger partial charge is 0.495 e. The van der Waals surface area contributed by atoms with Crippen molar-refractivity contribution in [3.05, 3.63) is 23.8 Å². The molecule has 108 valence electrons. The van der Waals surface area contributed by atoms with Gasteiger partial charge in [-0.25, -0.2) is 0 Å². The molecule has 0 saturated heterocycles. The molecule has 20 heavy (non-hydrogen) atoms. The Kier molecular flexibility index (Phi) is 2.94. The van der Waals surface area contributed by atoms with Gasteiger partial charge < -0.3 is 10.5 Å². The number of methoxy groups -OCH3 is 1. The highest BCUT2D eigenvalue weighted by molar-refractivity contribution is 5.54. The smallest absolute Gasteiger partial charge is 0.141 e. The lowest BCUT2D eigenvalue weighted by Gasteiger charge is -2.54. The summed E-state index contributed by atoms with van der Waals surface area (Å²) >= 11 is 0. The van der Waals surface area contributed by atoms with Crippen molar-refractivity contribution in [1.82, 2.24) is 0 Å². The summed E-state index contributed by atoms with van der Waals surface area (Å²) in [4.78, 5) is 0. The number of ether oxygens (including phenoxy) is 1. The van der Waals surface area contributed by atoms with Crippen molar-refractivity contribution in [2.75, 3.05) is 12.8 Å². The topological polar surface area (TPSA) is 35.2 Å². The Morgan fingerprint density at radius 2 is 1.70 bits per heavy atom. The molecule has 0 aliphatic heterocycles. The molecule has 4 aliphatic rings. The zero-order chi connectivity index (χ0) is 13.7. The molecule has 2 heteroatoms. The summed E-state index contributed by atoms with van der Waals surface area (Å²) < 4.78 is 5.26. The summed E-state index contributed by atoms with van der Waals surface area (Å²) in [5, 5.41) is 0. The minimum atomic E-state index is 0.786. The van der Waals surface area contributed by atoms with Crippen LogP contribution in [0.15, 0.2) is 18.2 Å². The maximum absolute atomic E-state index is 6.06. The van der Waals surface area contributed by atoms with E-state index in [0.29, 0.717) is 0 Å². The lowest BCUT2D eigenvalue weighted by molar-refractivity contribution is -0.0360. The Labute approximate surface area is 121 Å². The molecule has 0 unspecified atom stereocenters. The van der Waals surface area contributed by atoms with Crippen LogP contribution in [0.4, 0.5) is 5.69 Å². The molecule has 4 bridgehead atoms. The van der Waals surface area contributed by atoms with Crippen LogP contribution < -0.4 is 10.5 Å². The number of benzene rings is 1. The van der Waals surface area contributed by atoms with Crippen LogP contribution in [0.5, 0.6) is 5.75 Å². The Balaban J connectivity index is 1.53. The third-order valence-electron chi connectivity index (χ3n) is 6.19. The molecule has 5 rings (SSSR count). The number of hydrogen-bond acceptors (Lipinski definition) is 2. The molecule has 0 aromatic heterocycles. The number of hydrogen-bond donors (Lipinski definition) is 1. The van der Waals surface area contributed by atoms with Gasteiger partial charge in [0, 0.05) is 0 Å². The molecular formula is C18H25NO. The van der Waals surface area contributed by atoms with Crippen molar-refractivity contribution >= 4 is 5.69 Å². The van der Waals surface area contributed by atoms with Crippen molar-refractivity contribution < 1.29 is 4.74 Å². The first-order valence-electron chi connectivity index (χ1n) is 8.15. The van der Waals surface area contributed by atoms with Crippen LogP contribution in [-0.2, 0) is 6.42 Å². The van der Waals surface area contributed by atoms with Crippen LogP contribution in [0.3, 0.4) is 0 Å². The zero-order valence-electron chi connectivity index (χ0n) is 12.3. The second-order valence-electron chi connectivity index (χ2n) is 7.38. The third kappa shape index (κ3) is 2.01. The average Bonchev–Trinajstić information content (AvgIpc) is 2.42. The first-order chi connectivity index (χ1) is 9.72. The molecule has 0 radical (unpaired) electrons. The quantitative estimate of drug-likeness (QED) is 0.846. The van der Waals surface area contributed by atoms with Gasteiger partial charge in [-0.15, -0.1) is 0 Å². The first kappa shape index (κ1) is 12.6. The van der Waals surface area contributed by atoms with Gasteiger partial charge in [0.1, 0.15) is 5.75 Å². The van der Waals surface area contributed by atoms with Gasteiger partial charge in [-0.05, 0) is 85.8 Å². The molecule has 0 atom stereocenters. The van der Waals surface area contributed by atoms with Gasteiger partial charge in [0.15, 0.2) is 0 Å². The SMILES string of the molecule is COc1ccc(CC2C3CC4CC(C3)CC2C4)cc1N. The van der Waals surface area contributed by atoms with Gasteiger partial charge in [-0.3, -0.25) is 0 Å². The number of rotatable bonds is 3. The van der Waals surface area contributed by atoms with Crippen molar-refractivity contribution in [2.45, 2.75) is 38.5 Å². The van der Waals surface area contributed by atoms with E-state index in [4.69, 9.17) is 10.5 Å². The van der Waals surface area contributed by atoms with Crippen molar-refractivity contribution in [3.63, 3.8) is 0 Å². The molecule has 0 amide bonds. The fraction of sp³-hybridized carbons (Fsp3) is 0.667. The Morgan fingerprint density at radius 1 is 1.05 bits per heavy atom. The first-order valence-corrected chi connectivity index (χ1v) is 8.15. The van der Waals surface area contributed by atoms with Crippen LogP contribution in [0.2, 0.25) is 0 Å². The van der Waals surface area contributed by atoms with E-state index in [1.54, 1.807) is 7.11 Å². The second-order valence-corrected chi connectivity index (χ2v) is 7.38. The van der Waals surface area contributed by atoms with Gasteiger partial charge in [-0.2, -0.15) is 0 Å². The average molecular weight is 271 g/mol. The molecule has 1 aromatic carbocycles. The molecule has 0 spiro atoms. The Bertz CT molecular complexity index is 482. The number of nitrogen functional groups attached to an aromatic ring is 1. The third-order valence-corrected chi connectivity index (χ3v) is 6.19. The molecule has 0 heterocycles. The molecule has 1 aromatic rings. The minimum Gasteiger partial charge on any atom is -0.495 e. The van der Waals surface area contributed by atoms with E-state index >= 15 is 0 Å². The summed E-state index contributed by atoms with van der Waals surface area (Å²) in [6.45, 7) is 0. The summed E-state index contributed by atoms with van der Waals surface area (Å²) in [5.74, 6) is 5.84. The van der Waals surface area contributed by atoms with Crippen LogP contribution in [0, 0.1) is 29.6 Å². The predicted molar refractivity (Wildman–Crippen MR) is 81.6 cm³/mol. The van der Waals surface area contributed by atoms with Gasteiger partial charge in [0.2, 0.25) is 0 Å². The van der Waals surface area contributed by atoms with E-state index in [2.05, 4.69) is 12.1 Å². The maximum Gasteiger partial charge on any atom is 0.141 e. The Morgan fingerprint density at radius 3 is 2.25 bits per heavy atom. The van der Waals surface area contributed by atoms with Gasteiger partial charge >= 0.3 is 0 Å². The second kappa shape index (κ2) is 4.68. The summed E-state index contributed by atoms with van der Waals surface area (Å²) in [5.41, 5.74) is 8.25. The highest BCUT2D eigenvalue weighted by atomic mass is 16.5. The zero-order valence-corrected chi connectivity index (χ0v) is 12.3. The molecule has 2 N–H and O–H groups in total. The number of nitrogens with two attached hydrogens (primary N) is 1. The summed E-state index contributed by atoms with van der Waals surface area (Å²) in [6, 6.07) is 6.37. The van der Waals surface area contributed by atoms with Crippen LogP contribution in [0.25, 0.3) is 0 Å². The van der Waals surface area contributed by atoms with Gasteiger partial charge in [0.05, 0.1) is 12.8 Å². The minimum absolute atomic E-state index is 0.786. The molecule has 4 saturated carbocycles. The standard InChI is InChI=1S/C18H25NO/c1-20-18-3-2-11(10-17(18)19)9-16-14-5-12-4-13(7-14)8-15(16)6-12/h2-3,10,12-16H,4-9,19H2,1H3. The van der Waals surface area contributed by atoms with Gasteiger partial charge in [-0.1, -0.05) is 6.07 Å². The van der Waals surface area contributed by atoms with Gasteiger partial charge in [0.25, 0.3) is 0 Å². The van der Waals surface area contributed by atoms with Crippen molar-refractivity contribution in [1.29, 1.82) is 0 Å². The fourth-order valence-electron chi connectivity index (χ4n) is 5.55. The fourth-order valence-corrected chi connectivity index (χ4v) is 5.55. The highest BCUT2D eigenvalue weighted by Gasteiger charge is 2.47. The predicted octanol–water partition coefficient (Wildman–Crippen LogP) is 3.89. The van der Waals surface area contributed by atoms with E-state index < -0.39 is 0 Å². The Hall–Kier alpha value is -1.18. The monoisotopic (exact) mass is 271 g/mol. The van der Waals surface area contributed by atoms with E-state index in [1.807, 2.05) is 6.07 Å². The van der Waals surface area contributed by atoms with E-state index in [-0.39, 0.29) is 0 Å². The van der Waals surface area contributed by atoms with E-state index in [9.17, 15) is 0 Å². The van der Waals surface area contributed by atoms with E-state index in [1.165, 1.54) is 44.1 Å². The molecule has 2 nitrogen and oxygen atoms in total. The molecular weight excluding hydrogens is 246 g/mol. The van der Waals surface area contributed by atoms with E-state index in [0.717, 1.165) is 41.0 Å². The highest BCUT2D eigenvalue weighted by Crippen LogP contribution is 2.57. The van der Waals surface area contributed by atoms with Crippen LogP contribution >= 0.6 is 0 Å². The number of anilines is 1. The summed E-state index contributed by atoms with van der Waals surface area (Å²) in [7, 11) is 1.68. The van der Waals surface area contributed by atoms with Crippen LogP contribution in [0.1, 0.15) is 37.7 Å². The normalized spacial score (nSPS) is 38.1. The summed E-state index contributed by atoms with van der Waals surface area (Å²) in [6.07, 6.45) is 8.78. The molecule has 4 aliphatic carbocycles. The van der Waals surface area contributed by atoms with Crippen molar-refractivity contribution in [2.24, 2.45) is 29.6 Å². The maximum atomic E-state index is 6.06. The lowest BCUT2D eigenvalue weighted by atomic mass is 9.51. The van der Waals surface area contributed by atoms with Crippen molar-refractivity contribution in [3.8, 4) is 5.75 Å². The molecule has 4 fully saturated rings.